The molecule has 76 valence electrons. The van der Waals surface area contributed by atoms with Crippen LogP contribution in [0.25, 0.3) is 0 Å². The third kappa shape index (κ3) is 3.00. The Labute approximate surface area is 94.3 Å². The summed E-state index contributed by atoms with van der Waals surface area (Å²) >= 11 is 5.77. The van der Waals surface area contributed by atoms with E-state index in [0.717, 1.165) is 17.7 Å². The van der Waals surface area contributed by atoms with E-state index in [1.54, 1.807) is 6.26 Å². The predicted molar refractivity (Wildman–Crippen MR) is 63.1 cm³/mol. The van der Waals surface area contributed by atoms with E-state index in [0.29, 0.717) is 5.02 Å². The van der Waals surface area contributed by atoms with Crippen molar-refractivity contribution in [2.75, 3.05) is 0 Å². The number of allylic oxidation sites excluding steroid dienone is 5. The van der Waals surface area contributed by atoms with Crippen LogP contribution in [0.5, 0.6) is 5.75 Å². The smallest absolute Gasteiger partial charge is 0.126 e. The Morgan fingerprint density at radius 2 is 1.73 bits per heavy atom. The first-order valence-electron chi connectivity index (χ1n) is 4.80. The van der Waals surface area contributed by atoms with E-state index >= 15 is 0 Å². The van der Waals surface area contributed by atoms with Crippen LogP contribution in [0.4, 0.5) is 0 Å². The number of benzene rings is 1. The maximum absolute atomic E-state index is 5.77. The summed E-state index contributed by atoms with van der Waals surface area (Å²) in [6.45, 7) is 0. The molecule has 0 aromatic heterocycles. The molecule has 15 heavy (non-hydrogen) atoms. The molecular formula is C13H11ClO. The van der Waals surface area contributed by atoms with Gasteiger partial charge in [-0.1, -0.05) is 35.9 Å². The topological polar surface area (TPSA) is 9.23 Å². The van der Waals surface area contributed by atoms with Crippen LogP contribution in [0, 0.1) is 0 Å². The summed E-state index contributed by atoms with van der Waals surface area (Å²) < 4.78 is 5.48. The van der Waals surface area contributed by atoms with Crippen LogP contribution in [0.2, 0.25) is 5.02 Å². The van der Waals surface area contributed by atoms with Gasteiger partial charge in [0.2, 0.25) is 0 Å². The summed E-state index contributed by atoms with van der Waals surface area (Å²) in [7, 11) is 0. The Kier molecular flexibility index (Phi) is 3.25. The van der Waals surface area contributed by atoms with E-state index in [1.165, 1.54) is 0 Å². The average Bonchev–Trinajstić information content (AvgIpc) is 2.30. The molecule has 0 heterocycles. The summed E-state index contributed by atoms with van der Waals surface area (Å²) in [5.41, 5.74) is 1.07. The number of hydrogen-bond acceptors (Lipinski definition) is 1. The molecular weight excluding hydrogens is 208 g/mol. The number of rotatable bonds is 2. The summed E-state index contributed by atoms with van der Waals surface area (Å²) in [5, 5.41) is 0.715. The SMILES string of the molecule is Clc1ccc(OC=C2C=CCC=C2)cc1. The largest absolute Gasteiger partial charge is 0.464 e. The second-order valence-corrected chi connectivity index (χ2v) is 3.67. The number of halogens is 1. The van der Waals surface area contributed by atoms with Gasteiger partial charge in [0.15, 0.2) is 0 Å². The molecule has 0 saturated carbocycles. The molecule has 0 N–H and O–H groups in total. The van der Waals surface area contributed by atoms with Crippen LogP contribution in [-0.4, -0.2) is 0 Å². The molecule has 0 aliphatic heterocycles. The van der Waals surface area contributed by atoms with E-state index in [2.05, 4.69) is 12.2 Å². The lowest BCUT2D eigenvalue weighted by Crippen LogP contribution is -1.86. The maximum atomic E-state index is 5.77. The van der Waals surface area contributed by atoms with Crippen molar-refractivity contribution >= 4 is 11.6 Å². The van der Waals surface area contributed by atoms with Crippen molar-refractivity contribution in [1.82, 2.24) is 0 Å². The van der Waals surface area contributed by atoms with Crippen molar-refractivity contribution in [1.29, 1.82) is 0 Å². The molecule has 1 aliphatic rings. The van der Waals surface area contributed by atoms with E-state index < -0.39 is 0 Å². The van der Waals surface area contributed by atoms with Crippen molar-refractivity contribution in [3.05, 3.63) is 65.4 Å². The van der Waals surface area contributed by atoms with E-state index in [4.69, 9.17) is 16.3 Å². The highest BCUT2D eigenvalue weighted by Crippen LogP contribution is 2.17. The highest BCUT2D eigenvalue weighted by atomic mass is 35.5. The minimum Gasteiger partial charge on any atom is -0.464 e. The van der Waals surface area contributed by atoms with Gasteiger partial charge in [0.25, 0.3) is 0 Å². The molecule has 2 heteroatoms. The first kappa shape index (κ1) is 10.1. The minimum absolute atomic E-state index is 0.715. The summed E-state index contributed by atoms with van der Waals surface area (Å²) in [5.74, 6) is 0.791. The Morgan fingerprint density at radius 1 is 1.07 bits per heavy atom. The third-order valence-electron chi connectivity index (χ3n) is 2.04. The van der Waals surface area contributed by atoms with Crippen LogP contribution < -0.4 is 4.74 Å². The molecule has 1 aliphatic carbocycles. The van der Waals surface area contributed by atoms with Gasteiger partial charge in [0.1, 0.15) is 5.75 Å². The zero-order valence-corrected chi connectivity index (χ0v) is 8.95. The molecule has 0 fully saturated rings. The van der Waals surface area contributed by atoms with E-state index in [9.17, 15) is 0 Å². The first-order chi connectivity index (χ1) is 7.34. The van der Waals surface area contributed by atoms with Crippen molar-refractivity contribution in [3.8, 4) is 5.75 Å². The Morgan fingerprint density at radius 3 is 2.40 bits per heavy atom. The predicted octanol–water partition coefficient (Wildman–Crippen LogP) is 4.12. The van der Waals surface area contributed by atoms with Gasteiger partial charge in [-0.15, -0.1) is 0 Å². The molecule has 1 nitrogen and oxygen atoms in total. The minimum atomic E-state index is 0.715. The van der Waals surface area contributed by atoms with Gasteiger partial charge in [-0.05, 0) is 30.7 Å². The van der Waals surface area contributed by atoms with Crippen molar-refractivity contribution in [2.24, 2.45) is 0 Å². The Hall–Kier alpha value is -1.47. The van der Waals surface area contributed by atoms with Crippen LogP contribution in [0.1, 0.15) is 6.42 Å². The van der Waals surface area contributed by atoms with Gasteiger partial charge in [-0.25, -0.2) is 0 Å². The molecule has 2 rings (SSSR count). The van der Waals surface area contributed by atoms with Crippen LogP contribution in [-0.2, 0) is 0 Å². The van der Waals surface area contributed by atoms with E-state index in [-0.39, 0.29) is 0 Å². The fraction of sp³-hybridized carbons (Fsp3) is 0.0769. The van der Waals surface area contributed by atoms with Crippen molar-refractivity contribution in [3.63, 3.8) is 0 Å². The molecule has 0 unspecified atom stereocenters. The van der Waals surface area contributed by atoms with E-state index in [1.807, 2.05) is 36.4 Å². The summed E-state index contributed by atoms with van der Waals surface area (Å²) in [6, 6.07) is 7.30. The first-order valence-corrected chi connectivity index (χ1v) is 5.18. The van der Waals surface area contributed by atoms with Gasteiger partial charge >= 0.3 is 0 Å². The lowest BCUT2D eigenvalue weighted by Gasteiger charge is -2.03. The maximum Gasteiger partial charge on any atom is 0.126 e. The average molecular weight is 219 g/mol. The molecule has 0 bridgehead atoms. The molecule has 0 atom stereocenters. The summed E-state index contributed by atoms with van der Waals surface area (Å²) in [6.07, 6.45) is 11.0. The highest BCUT2D eigenvalue weighted by molar-refractivity contribution is 6.30. The number of ether oxygens (including phenoxy) is 1. The van der Waals surface area contributed by atoms with Gasteiger partial charge < -0.3 is 4.74 Å². The molecule has 0 saturated heterocycles. The molecule has 0 spiro atoms. The molecule has 0 amide bonds. The Bertz CT molecular complexity index is 399. The van der Waals surface area contributed by atoms with Gasteiger partial charge in [-0.2, -0.15) is 0 Å². The van der Waals surface area contributed by atoms with Crippen LogP contribution in [0.3, 0.4) is 0 Å². The van der Waals surface area contributed by atoms with Crippen molar-refractivity contribution in [2.45, 2.75) is 6.42 Å². The lowest BCUT2D eigenvalue weighted by atomic mass is 10.1. The zero-order valence-electron chi connectivity index (χ0n) is 8.19. The Balaban J connectivity index is 2.03. The summed E-state index contributed by atoms with van der Waals surface area (Å²) in [4.78, 5) is 0. The molecule has 1 aromatic rings. The standard InChI is InChI=1S/C13H11ClO/c14-12-6-8-13(9-7-12)15-10-11-4-2-1-3-5-11/h2-10H,1H2. The van der Waals surface area contributed by atoms with Gasteiger partial charge in [0, 0.05) is 10.6 Å². The molecule has 0 radical (unpaired) electrons. The second-order valence-electron chi connectivity index (χ2n) is 3.23. The fourth-order valence-corrected chi connectivity index (χ4v) is 1.40. The highest BCUT2D eigenvalue weighted by Gasteiger charge is 1.94. The third-order valence-corrected chi connectivity index (χ3v) is 2.29. The lowest BCUT2D eigenvalue weighted by molar-refractivity contribution is 0.478. The van der Waals surface area contributed by atoms with Crippen molar-refractivity contribution < 1.29 is 4.74 Å². The van der Waals surface area contributed by atoms with Crippen LogP contribution >= 0.6 is 11.6 Å². The zero-order chi connectivity index (χ0) is 10.5. The van der Waals surface area contributed by atoms with Gasteiger partial charge in [-0.3, -0.25) is 0 Å². The number of hydrogen-bond donors (Lipinski definition) is 0. The normalized spacial score (nSPS) is 14.1. The quantitative estimate of drug-likeness (QED) is 0.679. The van der Waals surface area contributed by atoms with Gasteiger partial charge in [0.05, 0.1) is 6.26 Å². The monoisotopic (exact) mass is 218 g/mol. The fourth-order valence-electron chi connectivity index (χ4n) is 1.27. The van der Waals surface area contributed by atoms with Crippen LogP contribution in [0.15, 0.2) is 60.4 Å². The second kappa shape index (κ2) is 4.85. The molecule has 1 aromatic carbocycles.